The Balaban J connectivity index is 3.07. The molecule has 0 aliphatic heterocycles. The summed E-state index contributed by atoms with van der Waals surface area (Å²) in [7, 11) is 0. The number of thiophene rings is 1. The van der Waals surface area contributed by atoms with E-state index in [4.69, 9.17) is 10.4 Å². The van der Waals surface area contributed by atoms with E-state index in [9.17, 15) is 9.59 Å². The quantitative estimate of drug-likeness (QED) is 0.702. The van der Waals surface area contributed by atoms with Crippen molar-refractivity contribution in [1.29, 1.82) is 5.26 Å². The summed E-state index contributed by atoms with van der Waals surface area (Å²) < 4.78 is 0. The predicted octanol–water partition coefficient (Wildman–Crippen LogP) is 1.26. The topological polar surface area (TPSA) is 90.2 Å². The Kier molecular flexibility index (Phi) is 3.07. The highest BCUT2D eigenvalue weighted by atomic mass is 32.1. The minimum absolute atomic E-state index is 0.292. The van der Waals surface area contributed by atoms with Crippen LogP contribution >= 0.6 is 11.3 Å². The van der Waals surface area contributed by atoms with Gasteiger partial charge >= 0.3 is 11.9 Å². The van der Waals surface area contributed by atoms with E-state index in [0.717, 1.165) is 10.4 Å². The van der Waals surface area contributed by atoms with Gasteiger partial charge in [-0.2, -0.15) is 5.26 Å². The monoisotopic (exact) mass is 224 g/mol. The molecule has 0 atom stereocenters. The molecule has 1 aromatic heterocycles. The molecular formula is C9H8N2O3S. The van der Waals surface area contributed by atoms with E-state index in [1.807, 2.05) is 6.07 Å². The Labute approximate surface area is 90.0 Å². The van der Waals surface area contributed by atoms with Crippen LogP contribution in [0.25, 0.3) is 0 Å². The highest BCUT2D eigenvalue weighted by Gasteiger charge is 2.17. The third kappa shape index (κ3) is 2.14. The summed E-state index contributed by atoms with van der Waals surface area (Å²) in [6, 6.07) is 1.93. The SMILES string of the molecule is Cc1sc(NC(=O)C(=O)O)c(C#N)c1C. The van der Waals surface area contributed by atoms with Crippen LogP contribution in [-0.4, -0.2) is 17.0 Å². The van der Waals surface area contributed by atoms with E-state index < -0.39 is 11.9 Å². The van der Waals surface area contributed by atoms with Crippen LogP contribution in [0.3, 0.4) is 0 Å². The van der Waals surface area contributed by atoms with Gasteiger partial charge in [-0.25, -0.2) is 4.79 Å². The average Bonchev–Trinajstić information content (AvgIpc) is 2.42. The minimum atomic E-state index is -1.57. The first-order valence-electron chi connectivity index (χ1n) is 4.01. The number of nitriles is 1. The van der Waals surface area contributed by atoms with Gasteiger partial charge in [-0.15, -0.1) is 11.3 Å². The van der Waals surface area contributed by atoms with Crippen molar-refractivity contribution in [2.24, 2.45) is 0 Å². The fraction of sp³-hybridized carbons (Fsp3) is 0.222. The van der Waals surface area contributed by atoms with E-state index >= 15 is 0 Å². The fourth-order valence-electron chi connectivity index (χ4n) is 1.01. The van der Waals surface area contributed by atoms with Gasteiger partial charge in [0.05, 0.1) is 5.56 Å². The van der Waals surface area contributed by atoms with E-state index in [-0.39, 0.29) is 0 Å². The molecule has 0 unspecified atom stereocenters. The number of nitrogens with zero attached hydrogens (tertiary/aromatic N) is 1. The largest absolute Gasteiger partial charge is 0.474 e. The maximum Gasteiger partial charge on any atom is 0.394 e. The maximum absolute atomic E-state index is 10.9. The number of rotatable bonds is 1. The van der Waals surface area contributed by atoms with Gasteiger partial charge in [0.2, 0.25) is 0 Å². The number of anilines is 1. The number of hydrogen-bond acceptors (Lipinski definition) is 4. The summed E-state index contributed by atoms with van der Waals surface area (Å²) in [6.45, 7) is 3.55. The van der Waals surface area contributed by atoms with Gasteiger partial charge in [-0.1, -0.05) is 0 Å². The lowest BCUT2D eigenvalue weighted by atomic mass is 10.2. The molecule has 1 amide bonds. The molecule has 0 aliphatic rings. The Hall–Kier alpha value is -1.87. The Morgan fingerprint density at radius 2 is 2.07 bits per heavy atom. The fourth-order valence-corrected chi connectivity index (χ4v) is 2.01. The predicted molar refractivity (Wildman–Crippen MR) is 54.8 cm³/mol. The van der Waals surface area contributed by atoms with Crippen LogP contribution in [0.5, 0.6) is 0 Å². The molecule has 2 N–H and O–H groups in total. The number of carboxylic acid groups (broad SMARTS) is 1. The molecule has 15 heavy (non-hydrogen) atoms. The minimum Gasteiger partial charge on any atom is -0.474 e. The van der Waals surface area contributed by atoms with Crippen molar-refractivity contribution < 1.29 is 14.7 Å². The zero-order valence-corrected chi connectivity index (χ0v) is 8.94. The molecular weight excluding hydrogens is 216 g/mol. The summed E-state index contributed by atoms with van der Waals surface area (Å²) in [5.41, 5.74) is 1.09. The first kappa shape index (κ1) is 11.2. The second-order valence-corrected chi connectivity index (χ2v) is 4.08. The van der Waals surface area contributed by atoms with Gasteiger partial charge in [0, 0.05) is 4.88 Å². The first-order valence-corrected chi connectivity index (χ1v) is 4.83. The Bertz CT molecular complexity index is 470. The number of carbonyl (C=O) groups excluding carboxylic acids is 1. The molecule has 6 heteroatoms. The van der Waals surface area contributed by atoms with Crippen molar-refractivity contribution in [3.8, 4) is 6.07 Å². The lowest BCUT2D eigenvalue weighted by Gasteiger charge is -1.97. The van der Waals surface area contributed by atoms with E-state index in [1.165, 1.54) is 11.3 Å². The van der Waals surface area contributed by atoms with Crippen molar-refractivity contribution >= 4 is 28.2 Å². The molecule has 0 bridgehead atoms. The number of nitrogens with one attached hydrogen (secondary N) is 1. The molecule has 0 saturated carbocycles. The molecule has 1 rings (SSSR count). The number of carboxylic acids is 1. The van der Waals surface area contributed by atoms with Crippen LogP contribution in [0, 0.1) is 25.2 Å². The second-order valence-electron chi connectivity index (χ2n) is 2.86. The highest BCUT2D eigenvalue weighted by molar-refractivity contribution is 7.16. The van der Waals surface area contributed by atoms with Gasteiger partial charge in [-0.3, -0.25) is 4.79 Å². The van der Waals surface area contributed by atoms with E-state index in [2.05, 4.69) is 5.32 Å². The van der Waals surface area contributed by atoms with Crippen molar-refractivity contribution in [3.63, 3.8) is 0 Å². The highest BCUT2D eigenvalue weighted by Crippen LogP contribution is 2.31. The van der Waals surface area contributed by atoms with Crippen LogP contribution in [0.4, 0.5) is 5.00 Å². The molecule has 1 heterocycles. The zero-order valence-electron chi connectivity index (χ0n) is 8.12. The molecule has 0 radical (unpaired) electrons. The summed E-state index contributed by atoms with van der Waals surface area (Å²) in [4.78, 5) is 22.1. The van der Waals surface area contributed by atoms with Crippen LogP contribution in [-0.2, 0) is 9.59 Å². The summed E-state index contributed by atoms with van der Waals surface area (Å²) in [6.07, 6.45) is 0. The normalized spacial score (nSPS) is 9.40. The van der Waals surface area contributed by atoms with Crippen LogP contribution in [0.2, 0.25) is 0 Å². The molecule has 78 valence electrons. The van der Waals surface area contributed by atoms with E-state index in [0.29, 0.717) is 10.6 Å². The standard InChI is InChI=1S/C9H8N2O3S/c1-4-5(2)15-8(6(4)3-10)11-7(12)9(13)14/h1-2H3,(H,11,12)(H,13,14). The van der Waals surface area contributed by atoms with Crippen molar-refractivity contribution in [1.82, 2.24) is 0 Å². The Morgan fingerprint density at radius 3 is 2.53 bits per heavy atom. The summed E-state index contributed by atoms with van der Waals surface area (Å²) >= 11 is 1.19. The summed E-state index contributed by atoms with van der Waals surface area (Å²) in [5.74, 6) is -2.70. The van der Waals surface area contributed by atoms with Gasteiger partial charge in [0.15, 0.2) is 0 Å². The number of carbonyl (C=O) groups is 2. The molecule has 0 saturated heterocycles. The number of amides is 1. The summed E-state index contributed by atoms with van der Waals surface area (Å²) in [5, 5.41) is 19.7. The average molecular weight is 224 g/mol. The maximum atomic E-state index is 10.9. The van der Waals surface area contributed by atoms with Crippen LogP contribution in [0.1, 0.15) is 16.0 Å². The number of hydrogen-bond donors (Lipinski definition) is 2. The molecule has 5 nitrogen and oxygen atoms in total. The second kappa shape index (κ2) is 4.11. The first-order chi connectivity index (χ1) is 6.97. The Morgan fingerprint density at radius 1 is 1.47 bits per heavy atom. The zero-order chi connectivity index (χ0) is 11.6. The molecule has 0 fully saturated rings. The molecule has 0 spiro atoms. The number of aryl methyl sites for hydroxylation is 1. The van der Waals surface area contributed by atoms with Gasteiger partial charge in [0.1, 0.15) is 11.1 Å². The lowest BCUT2D eigenvalue weighted by Crippen LogP contribution is -2.21. The third-order valence-electron chi connectivity index (χ3n) is 1.92. The van der Waals surface area contributed by atoms with Gasteiger partial charge in [0.25, 0.3) is 0 Å². The van der Waals surface area contributed by atoms with Crippen LogP contribution in [0.15, 0.2) is 0 Å². The van der Waals surface area contributed by atoms with Crippen molar-refractivity contribution in [3.05, 3.63) is 16.0 Å². The smallest absolute Gasteiger partial charge is 0.394 e. The van der Waals surface area contributed by atoms with Crippen molar-refractivity contribution in [2.45, 2.75) is 13.8 Å². The van der Waals surface area contributed by atoms with E-state index in [1.54, 1.807) is 13.8 Å². The molecule has 0 aliphatic carbocycles. The van der Waals surface area contributed by atoms with Gasteiger partial charge in [-0.05, 0) is 19.4 Å². The molecule has 1 aromatic rings. The molecule has 0 aromatic carbocycles. The third-order valence-corrected chi connectivity index (χ3v) is 3.04. The lowest BCUT2D eigenvalue weighted by molar-refractivity contribution is -0.147. The number of aliphatic carboxylic acids is 1. The van der Waals surface area contributed by atoms with Crippen molar-refractivity contribution in [2.75, 3.05) is 5.32 Å². The van der Waals surface area contributed by atoms with Crippen LogP contribution < -0.4 is 5.32 Å². The van der Waals surface area contributed by atoms with Gasteiger partial charge < -0.3 is 10.4 Å².